The zero-order valence-electron chi connectivity index (χ0n) is 11.5. The molecule has 2 heterocycles. The quantitative estimate of drug-likeness (QED) is 0.621. The summed E-state index contributed by atoms with van der Waals surface area (Å²) in [5.74, 6) is 0.0219. The van der Waals surface area contributed by atoms with Crippen LogP contribution in [0.3, 0.4) is 0 Å². The zero-order chi connectivity index (χ0) is 15.2. The van der Waals surface area contributed by atoms with Gasteiger partial charge in [-0.1, -0.05) is 0 Å². The maximum absolute atomic E-state index is 12.1. The van der Waals surface area contributed by atoms with Crippen LogP contribution in [0.5, 0.6) is 0 Å². The number of esters is 1. The van der Waals surface area contributed by atoms with Crippen LogP contribution in [-0.4, -0.2) is 17.1 Å². The Kier molecular flexibility index (Phi) is 4.43. The summed E-state index contributed by atoms with van der Waals surface area (Å²) in [6.07, 6.45) is 4.23. The van der Waals surface area contributed by atoms with Crippen molar-refractivity contribution in [3.8, 4) is 18.0 Å². The number of nitriles is 2. The van der Waals surface area contributed by atoms with E-state index in [4.69, 9.17) is 14.4 Å². The summed E-state index contributed by atoms with van der Waals surface area (Å²) in [5, 5.41) is 17.7. The molecule has 2 aromatic heterocycles. The van der Waals surface area contributed by atoms with E-state index in [-0.39, 0.29) is 17.7 Å². The third-order valence-corrected chi connectivity index (χ3v) is 2.89. The molecule has 0 N–H and O–H groups in total. The van der Waals surface area contributed by atoms with Crippen LogP contribution in [-0.2, 0) is 4.74 Å². The molecule has 6 heteroatoms. The molecule has 2 rings (SSSR count). The summed E-state index contributed by atoms with van der Waals surface area (Å²) in [5.41, 5.74) is 0.284. The predicted molar refractivity (Wildman–Crippen MR) is 72.6 cm³/mol. The van der Waals surface area contributed by atoms with E-state index in [1.807, 2.05) is 12.1 Å². The van der Waals surface area contributed by atoms with Crippen LogP contribution in [0.2, 0.25) is 0 Å². The van der Waals surface area contributed by atoms with E-state index in [0.29, 0.717) is 24.5 Å². The van der Waals surface area contributed by atoms with Crippen molar-refractivity contribution >= 4 is 5.97 Å². The topological polar surface area (TPSA) is 91.9 Å². The molecule has 0 aliphatic heterocycles. The lowest BCUT2D eigenvalue weighted by Crippen LogP contribution is -2.08. The van der Waals surface area contributed by atoms with Crippen LogP contribution in [0.4, 0.5) is 0 Å². The van der Waals surface area contributed by atoms with Crippen molar-refractivity contribution in [2.75, 3.05) is 6.61 Å². The third-order valence-electron chi connectivity index (χ3n) is 2.89. The Balaban J connectivity index is 2.26. The minimum absolute atomic E-state index is 0.137. The zero-order valence-corrected chi connectivity index (χ0v) is 11.5. The lowest BCUT2D eigenvalue weighted by atomic mass is 10.1. The SMILES string of the molecule is Cc1oc(-n2cccc2)c(C#N)c1C(=O)OCCCC#N. The molecule has 0 aromatic carbocycles. The summed E-state index contributed by atoms with van der Waals surface area (Å²) < 4.78 is 12.2. The van der Waals surface area contributed by atoms with Crippen LogP contribution in [0, 0.1) is 29.6 Å². The average Bonchev–Trinajstić information content (AvgIpc) is 3.10. The Morgan fingerprint density at radius 1 is 1.38 bits per heavy atom. The number of carbonyl (C=O) groups is 1. The molecule has 106 valence electrons. The molecule has 0 spiro atoms. The van der Waals surface area contributed by atoms with E-state index in [9.17, 15) is 10.1 Å². The monoisotopic (exact) mass is 283 g/mol. The van der Waals surface area contributed by atoms with Gasteiger partial charge in [0, 0.05) is 18.8 Å². The third kappa shape index (κ3) is 2.96. The van der Waals surface area contributed by atoms with Gasteiger partial charge in [-0.25, -0.2) is 4.79 Å². The lowest BCUT2D eigenvalue weighted by Gasteiger charge is -2.02. The fraction of sp³-hybridized carbons (Fsp3) is 0.267. The average molecular weight is 283 g/mol. The van der Waals surface area contributed by atoms with Crippen LogP contribution in [0.1, 0.15) is 34.5 Å². The van der Waals surface area contributed by atoms with Gasteiger partial charge in [-0.15, -0.1) is 0 Å². The minimum Gasteiger partial charge on any atom is -0.462 e. The lowest BCUT2D eigenvalue weighted by molar-refractivity contribution is 0.0499. The summed E-state index contributed by atoms with van der Waals surface area (Å²) in [6, 6.07) is 7.54. The maximum atomic E-state index is 12.1. The van der Waals surface area contributed by atoms with Crippen molar-refractivity contribution in [2.45, 2.75) is 19.8 Å². The Morgan fingerprint density at radius 3 is 2.71 bits per heavy atom. The van der Waals surface area contributed by atoms with Gasteiger partial charge in [-0.05, 0) is 25.5 Å². The number of unbranched alkanes of at least 4 members (excludes halogenated alkanes) is 1. The first-order chi connectivity index (χ1) is 10.2. The van der Waals surface area contributed by atoms with Gasteiger partial charge in [0.15, 0.2) is 0 Å². The maximum Gasteiger partial charge on any atom is 0.343 e. The highest BCUT2D eigenvalue weighted by Gasteiger charge is 2.25. The first-order valence-corrected chi connectivity index (χ1v) is 6.40. The fourth-order valence-corrected chi connectivity index (χ4v) is 1.92. The number of rotatable bonds is 5. The van der Waals surface area contributed by atoms with E-state index in [0.717, 1.165) is 0 Å². The molecule has 0 atom stereocenters. The van der Waals surface area contributed by atoms with Crippen molar-refractivity contribution in [1.29, 1.82) is 10.5 Å². The van der Waals surface area contributed by atoms with Crippen molar-refractivity contribution in [3.05, 3.63) is 41.4 Å². The molecule has 0 amide bonds. The summed E-state index contributed by atoms with van der Waals surface area (Å²) in [7, 11) is 0. The number of aryl methyl sites for hydroxylation is 1. The predicted octanol–water partition coefficient (Wildman–Crippen LogP) is 2.71. The number of aromatic nitrogens is 1. The highest BCUT2D eigenvalue weighted by Crippen LogP contribution is 2.26. The minimum atomic E-state index is -0.607. The number of furan rings is 1. The number of ether oxygens (including phenoxy) is 1. The first-order valence-electron chi connectivity index (χ1n) is 6.40. The molecule has 0 bridgehead atoms. The number of carbonyl (C=O) groups excluding carboxylic acids is 1. The molecule has 0 saturated carbocycles. The highest BCUT2D eigenvalue weighted by molar-refractivity contribution is 5.94. The van der Waals surface area contributed by atoms with Gasteiger partial charge in [0.25, 0.3) is 0 Å². The largest absolute Gasteiger partial charge is 0.462 e. The number of nitrogens with zero attached hydrogens (tertiary/aromatic N) is 3. The molecule has 0 unspecified atom stereocenters. The smallest absolute Gasteiger partial charge is 0.343 e. The van der Waals surface area contributed by atoms with E-state index in [1.165, 1.54) is 0 Å². The van der Waals surface area contributed by atoms with E-state index in [2.05, 4.69) is 0 Å². The van der Waals surface area contributed by atoms with Gasteiger partial charge in [-0.2, -0.15) is 10.5 Å². The normalized spacial score (nSPS) is 9.86. The molecular formula is C15H13N3O3. The van der Waals surface area contributed by atoms with Crippen molar-refractivity contribution in [3.63, 3.8) is 0 Å². The summed E-state index contributed by atoms with van der Waals surface area (Å²) in [6.45, 7) is 1.75. The molecule has 0 aliphatic carbocycles. The number of hydrogen-bond donors (Lipinski definition) is 0. The molecule has 0 saturated heterocycles. The Bertz CT molecular complexity index is 715. The Labute approximate surface area is 121 Å². The Hall–Kier alpha value is -2.99. The van der Waals surface area contributed by atoms with Crippen LogP contribution < -0.4 is 0 Å². The van der Waals surface area contributed by atoms with Gasteiger partial charge >= 0.3 is 5.97 Å². The molecule has 0 fully saturated rings. The molecule has 21 heavy (non-hydrogen) atoms. The standard InChI is InChI=1S/C15H13N3O3/c1-11-13(15(19)20-9-5-2-6-16)12(10-17)14(21-11)18-7-3-4-8-18/h3-4,7-8H,2,5,9H2,1H3. The fourth-order valence-electron chi connectivity index (χ4n) is 1.92. The first kappa shape index (κ1) is 14.4. The second-order valence-electron chi connectivity index (χ2n) is 4.31. The second kappa shape index (κ2) is 6.44. The molecular weight excluding hydrogens is 270 g/mol. The second-order valence-corrected chi connectivity index (χ2v) is 4.31. The van der Waals surface area contributed by atoms with E-state index in [1.54, 1.807) is 36.0 Å². The van der Waals surface area contributed by atoms with Gasteiger partial charge in [-0.3, -0.25) is 4.57 Å². The molecule has 2 aromatic rings. The van der Waals surface area contributed by atoms with Gasteiger partial charge in [0.05, 0.1) is 12.7 Å². The molecule has 0 radical (unpaired) electrons. The van der Waals surface area contributed by atoms with E-state index < -0.39 is 5.97 Å². The highest BCUT2D eigenvalue weighted by atomic mass is 16.5. The van der Waals surface area contributed by atoms with Gasteiger partial charge < -0.3 is 9.15 Å². The molecule has 0 aliphatic rings. The van der Waals surface area contributed by atoms with Crippen molar-refractivity contribution in [2.24, 2.45) is 0 Å². The van der Waals surface area contributed by atoms with E-state index >= 15 is 0 Å². The van der Waals surface area contributed by atoms with Crippen molar-refractivity contribution in [1.82, 2.24) is 4.57 Å². The van der Waals surface area contributed by atoms with Crippen LogP contribution in [0.25, 0.3) is 5.88 Å². The number of hydrogen-bond acceptors (Lipinski definition) is 5. The van der Waals surface area contributed by atoms with Crippen LogP contribution in [0.15, 0.2) is 28.9 Å². The summed E-state index contributed by atoms with van der Waals surface area (Å²) >= 11 is 0. The Morgan fingerprint density at radius 2 is 2.10 bits per heavy atom. The van der Waals surface area contributed by atoms with Gasteiger partial charge in [0.1, 0.15) is 23.0 Å². The molecule has 6 nitrogen and oxygen atoms in total. The van der Waals surface area contributed by atoms with Gasteiger partial charge in [0.2, 0.25) is 5.88 Å². The van der Waals surface area contributed by atoms with Crippen LogP contribution >= 0.6 is 0 Å². The van der Waals surface area contributed by atoms with Crippen molar-refractivity contribution < 1.29 is 13.9 Å². The summed E-state index contributed by atoms with van der Waals surface area (Å²) in [4.78, 5) is 12.1.